The van der Waals surface area contributed by atoms with E-state index >= 15 is 0 Å². The maximum absolute atomic E-state index is 13.0. The molecule has 138 valence electrons. The maximum Gasteiger partial charge on any atom is 0.227 e. The van der Waals surface area contributed by atoms with Crippen molar-refractivity contribution in [1.29, 1.82) is 0 Å². The Balaban J connectivity index is 0.00000156. The van der Waals surface area contributed by atoms with E-state index < -0.39 is 0 Å². The maximum atomic E-state index is 13.0. The summed E-state index contributed by atoms with van der Waals surface area (Å²) in [7, 11) is 0. The molecule has 1 saturated heterocycles. The molecule has 3 atom stereocenters. The zero-order chi connectivity index (χ0) is 16.2. The molecule has 0 spiro atoms. The first-order valence-corrected chi connectivity index (χ1v) is 8.28. The number of nitrogens with two attached hydrogens (primary N) is 1. The molecule has 2 aromatic rings. The number of likely N-dealkylation sites (tertiary alicyclic amines) is 1. The Hall–Kier alpha value is -1.56. The fourth-order valence-corrected chi connectivity index (χ4v) is 3.36. The van der Waals surface area contributed by atoms with Crippen molar-refractivity contribution in [3.05, 3.63) is 53.9 Å². The lowest BCUT2D eigenvalue weighted by Crippen LogP contribution is -2.43. The van der Waals surface area contributed by atoms with Crippen LogP contribution in [0.3, 0.4) is 0 Å². The van der Waals surface area contributed by atoms with E-state index in [1.165, 1.54) is 0 Å². The monoisotopic (exact) mass is 384 g/mol. The summed E-state index contributed by atoms with van der Waals surface area (Å²) < 4.78 is 0. The number of aromatic amines is 1. The quantitative estimate of drug-likeness (QED) is 0.844. The standard InChI is InChI=1S/C18H24N4O.2ClH/c1-13(17(19)14-7-3-2-4-8-14)18(23)22-10-6-5-9-16(22)15-11-20-21-12-15;;/h2-4,7-8,11-13,16-17H,5-6,9-10,19H2,1H3,(H,20,21);2*1H. The van der Waals surface area contributed by atoms with Gasteiger partial charge in [-0.15, -0.1) is 24.8 Å². The molecule has 7 heteroatoms. The van der Waals surface area contributed by atoms with E-state index in [4.69, 9.17) is 5.73 Å². The molecule has 1 aliphatic heterocycles. The van der Waals surface area contributed by atoms with Crippen molar-refractivity contribution < 1.29 is 4.79 Å². The van der Waals surface area contributed by atoms with Gasteiger partial charge in [-0.25, -0.2) is 0 Å². The molecule has 0 aliphatic carbocycles. The molecule has 0 bridgehead atoms. The van der Waals surface area contributed by atoms with E-state index in [0.29, 0.717) is 0 Å². The summed E-state index contributed by atoms with van der Waals surface area (Å²) in [4.78, 5) is 15.0. The van der Waals surface area contributed by atoms with Crippen LogP contribution in [-0.4, -0.2) is 27.5 Å². The Labute approximate surface area is 161 Å². The first-order chi connectivity index (χ1) is 11.2. The Morgan fingerprint density at radius 1 is 1.28 bits per heavy atom. The van der Waals surface area contributed by atoms with Crippen LogP contribution in [0, 0.1) is 5.92 Å². The van der Waals surface area contributed by atoms with Gasteiger partial charge in [0.25, 0.3) is 0 Å². The molecule has 3 unspecified atom stereocenters. The highest BCUT2D eigenvalue weighted by atomic mass is 35.5. The lowest BCUT2D eigenvalue weighted by atomic mass is 9.91. The van der Waals surface area contributed by atoms with Crippen LogP contribution in [0.2, 0.25) is 0 Å². The highest BCUT2D eigenvalue weighted by Crippen LogP contribution is 2.33. The zero-order valence-electron chi connectivity index (χ0n) is 14.3. The van der Waals surface area contributed by atoms with Crippen LogP contribution in [0.1, 0.15) is 49.4 Å². The first kappa shape index (κ1) is 21.5. The molecule has 1 aromatic carbocycles. The number of amides is 1. The number of nitrogens with zero attached hydrogens (tertiary/aromatic N) is 2. The van der Waals surface area contributed by atoms with E-state index in [1.807, 2.05) is 54.5 Å². The van der Waals surface area contributed by atoms with Crippen LogP contribution in [0.15, 0.2) is 42.7 Å². The Kier molecular flexibility index (Phi) is 8.42. The molecule has 0 radical (unpaired) electrons. The highest BCUT2D eigenvalue weighted by Gasteiger charge is 2.33. The number of benzene rings is 1. The van der Waals surface area contributed by atoms with E-state index in [9.17, 15) is 4.79 Å². The van der Waals surface area contributed by atoms with E-state index in [0.717, 1.165) is 36.9 Å². The summed E-state index contributed by atoms with van der Waals surface area (Å²) >= 11 is 0. The molecule has 2 heterocycles. The number of halogens is 2. The lowest BCUT2D eigenvalue weighted by molar-refractivity contribution is -0.139. The molecule has 1 aliphatic rings. The second kappa shape index (κ2) is 9.80. The molecule has 3 N–H and O–H groups in total. The number of hydrogen-bond donors (Lipinski definition) is 2. The van der Waals surface area contributed by atoms with E-state index in [-0.39, 0.29) is 48.7 Å². The average molecular weight is 385 g/mol. The lowest BCUT2D eigenvalue weighted by Gasteiger charge is -2.38. The van der Waals surface area contributed by atoms with Crippen molar-refractivity contribution >= 4 is 30.7 Å². The van der Waals surface area contributed by atoms with Gasteiger partial charge in [0, 0.05) is 24.3 Å². The largest absolute Gasteiger partial charge is 0.335 e. The number of rotatable bonds is 4. The van der Waals surface area contributed by atoms with Gasteiger partial charge < -0.3 is 10.6 Å². The summed E-state index contributed by atoms with van der Waals surface area (Å²) in [6.45, 7) is 2.72. The second-order valence-electron chi connectivity index (χ2n) is 6.30. The fraction of sp³-hybridized carbons (Fsp3) is 0.444. The van der Waals surface area contributed by atoms with Crippen LogP contribution < -0.4 is 5.73 Å². The van der Waals surface area contributed by atoms with Gasteiger partial charge >= 0.3 is 0 Å². The number of hydrogen-bond acceptors (Lipinski definition) is 3. The minimum atomic E-state index is -0.282. The van der Waals surface area contributed by atoms with Crippen molar-refractivity contribution in [2.45, 2.75) is 38.3 Å². The molecule has 5 nitrogen and oxygen atoms in total. The van der Waals surface area contributed by atoms with Crippen molar-refractivity contribution in [3.63, 3.8) is 0 Å². The summed E-state index contributed by atoms with van der Waals surface area (Å²) in [6, 6.07) is 9.68. The number of carbonyl (C=O) groups is 1. The van der Waals surface area contributed by atoms with Gasteiger partial charge in [0.15, 0.2) is 0 Å². The number of aromatic nitrogens is 2. The third-order valence-corrected chi connectivity index (χ3v) is 4.80. The molecule has 1 aromatic heterocycles. The SMILES string of the molecule is CC(C(=O)N1CCCCC1c1cn[nH]c1)C(N)c1ccccc1.Cl.Cl. The zero-order valence-corrected chi connectivity index (χ0v) is 15.9. The second-order valence-corrected chi connectivity index (χ2v) is 6.30. The first-order valence-electron chi connectivity index (χ1n) is 8.28. The molecular weight excluding hydrogens is 359 g/mol. The third kappa shape index (κ3) is 4.75. The van der Waals surface area contributed by atoms with Crippen LogP contribution in [0.25, 0.3) is 0 Å². The van der Waals surface area contributed by atoms with Crippen molar-refractivity contribution in [2.75, 3.05) is 6.54 Å². The van der Waals surface area contributed by atoms with Crippen LogP contribution in [-0.2, 0) is 4.79 Å². The van der Waals surface area contributed by atoms with Crippen molar-refractivity contribution in [1.82, 2.24) is 15.1 Å². The minimum absolute atomic E-state index is 0. The topological polar surface area (TPSA) is 75.0 Å². The predicted octanol–water partition coefficient (Wildman–Crippen LogP) is 3.64. The summed E-state index contributed by atoms with van der Waals surface area (Å²) in [6.07, 6.45) is 6.88. The van der Waals surface area contributed by atoms with Crippen molar-refractivity contribution in [2.24, 2.45) is 11.7 Å². The number of piperidine rings is 1. The number of nitrogens with one attached hydrogen (secondary N) is 1. The minimum Gasteiger partial charge on any atom is -0.335 e. The van der Waals surface area contributed by atoms with Gasteiger partial charge in [0.05, 0.1) is 18.2 Å². The van der Waals surface area contributed by atoms with Crippen LogP contribution >= 0.6 is 24.8 Å². The van der Waals surface area contributed by atoms with E-state index in [1.54, 1.807) is 0 Å². The number of carbonyl (C=O) groups excluding carboxylic acids is 1. The third-order valence-electron chi connectivity index (χ3n) is 4.80. The molecule has 0 saturated carbocycles. The van der Waals surface area contributed by atoms with Gasteiger partial charge in [-0.2, -0.15) is 5.10 Å². The van der Waals surface area contributed by atoms with Gasteiger partial charge in [0.1, 0.15) is 0 Å². The van der Waals surface area contributed by atoms with Crippen LogP contribution in [0.4, 0.5) is 0 Å². The number of H-pyrrole nitrogens is 1. The Morgan fingerprint density at radius 2 is 2.00 bits per heavy atom. The van der Waals surface area contributed by atoms with Gasteiger partial charge in [0.2, 0.25) is 5.91 Å². The molecule has 25 heavy (non-hydrogen) atoms. The predicted molar refractivity (Wildman–Crippen MR) is 104 cm³/mol. The summed E-state index contributed by atoms with van der Waals surface area (Å²) in [5.41, 5.74) is 8.43. The molecule has 1 amide bonds. The average Bonchev–Trinajstić information content (AvgIpc) is 3.15. The van der Waals surface area contributed by atoms with Gasteiger partial charge in [-0.1, -0.05) is 37.3 Å². The van der Waals surface area contributed by atoms with Crippen LogP contribution in [0.5, 0.6) is 0 Å². The van der Waals surface area contributed by atoms with Gasteiger partial charge in [-0.3, -0.25) is 9.89 Å². The molecule has 1 fully saturated rings. The molecular formula is C18H26Cl2N4O. The van der Waals surface area contributed by atoms with Crippen molar-refractivity contribution in [3.8, 4) is 0 Å². The summed E-state index contributed by atoms with van der Waals surface area (Å²) in [5.74, 6) is -0.114. The Morgan fingerprint density at radius 3 is 2.64 bits per heavy atom. The molecule has 3 rings (SSSR count). The smallest absolute Gasteiger partial charge is 0.227 e. The van der Waals surface area contributed by atoms with E-state index in [2.05, 4.69) is 10.2 Å². The normalized spacial score (nSPS) is 19.3. The van der Waals surface area contributed by atoms with Gasteiger partial charge in [-0.05, 0) is 24.8 Å². The fourth-order valence-electron chi connectivity index (χ4n) is 3.36. The Bertz CT molecular complexity index is 636. The highest BCUT2D eigenvalue weighted by molar-refractivity contribution is 5.85. The summed E-state index contributed by atoms with van der Waals surface area (Å²) in [5, 5.41) is 6.88.